The Morgan fingerprint density at radius 1 is 1.28 bits per heavy atom. The minimum atomic E-state index is 0.285. The van der Waals surface area contributed by atoms with E-state index >= 15 is 0 Å². The second-order valence-corrected chi connectivity index (χ2v) is 4.65. The van der Waals surface area contributed by atoms with Crippen LogP contribution in [0.2, 0.25) is 5.15 Å². The molecule has 6 heteroatoms. The summed E-state index contributed by atoms with van der Waals surface area (Å²) >= 11 is 9.29. The normalized spacial score (nSPS) is 10.4. The van der Waals surface area contributed by atoms with Gasteiger partial charge in [-0.25, -0.2) is 4.98 Å². The molecule has 0 spiro atoms. The Kier molecular flexibility index (Phi) is 4.52. The molecule has 0 saturated heterocycles. The molecule has 0 fully saturated rings. The van der Waals surface area contributed by atoms with Crippen LogP contribution in [0.1, 0.15) is 5.82 Å². The minimum absolute atomic E-state index is 0.285. The van der Waals surface area contributed by atoms with E-state index in [1.807, 2.05) is 24.3 Å². The van der Waals surface area contributed by atoms with Gasteiger partial charge in [0.25, 0.3) is 0 Å². The Bertz CT molecular complexity index is 551. The van der Waals surface area contributed by atoms with Gasteiger partial charge in [-0.15, -0.1) is 0 Å². The average molecular weight is 330 g/mol. The van der Waals surface area contributed by atoms with Gasteiger partial charge in [0.15, 0.2) is 5.82 Å². The van der Waals surface area contributed by atoms with Gasteiger partial charge in [-0.1, -0.05) is 23.7 Å². The van der Waals surface area contributed by atoms with E-state index in [1.165, 1.54) is 0 Å². The fraction of sp³-hybridized carbons (Fsp3) is 0.167. The van der Waals surface area contributed by atoms with Gasteiger partial charge < -0.3 is 9.47 Å². The number of hydrogen-bond donors (Lipinski definition) is 0. The van der Waals surface area contributed by atoms with E-state index < -0.39 is 0 Å². The number of benzene rings is 1. The van der Waals surface area contributed by atoms with Gasteiger partial charge in [-0.05, 0) is 28.1 Å². The quantitative estimate of drug-likeness (QED) is 0.800. The van der Waals surface area contributed by atoms with Crippen molar-refractivity contribution in [3.63, 3.8) is 0 Å². The lowest BCUT2D eigenvalue weighted by Crippen LogP contribution is -1.99. The largest absolute Gasteiger partial charge is 0.438 e. The van der Waals surface area contributed by atoms with Gasteiger partial charge in [-0.2, -0.15) is 4.98 Å². The number of ether oxygens (including phenoxy) is 2. The Labute approximate surface area is 118 Å². The smallest absolute Gasteiger partial charge is 0.224 e. The fourth-order valence-corrected chi connectivity index (χ4v) is 1.88. The summed E-state index contributed by atoms with van der Waals surface area (Å²) in [6.07, 6.45) is 0. The van der Waals surface area contributed by atoms with Crippen LogP contribution in [0.3, 0.4) is 0 Å². The molecule has 0 N–H and O–H groups in total. The maximum absolute atomic E-state index is 5.89. The first-order valence-electron chi connectivity index (χ1n) is 5.14. The second-order valence-electron chi connectivity index (χ2n) is 3.41. The van der Waals surface area contributed by atoms with Crippen LogP contribution < -0.4 is 4.74 Å². The molecule has 1 heterocycles. The SMILES string of the molecule is COCc1nc(Cl)cc(Oc2ccccc2Br)n1. The molecule has 1 aromatic heterocycles. The van der Waals surface area contributed by atoms with E-state index in [0.717, 1.165) is 4.47 Å². The van der Waals surface area contributed by atoms with Crippen LogP contribution in [0.25, 0.3) is 0 Å². The zero-order chi connectivity index (χ0) is 13.0. The van der Waals surface area contributed by atoms with Crippen molar-refractivity contribution >= 4 is 27.5 Å². The number of rotatable bonds is 4. The molecule has 0 aliphatic carbocycles. The third-order valence-electron chi connectivity index (χ3n) is 2.04. The zero-order valence-corrected chi connectivity index (χ0v) is 11.9. The summed E-state index contributed by atoms with van der Waals surface area (Å²) in [5.74, 6) is 1.52. The molecule has 0 aliphatic rings. The molecular formula is C12H10BrClN2O2. The maximum Gasteiger partial charge on any atom is 0.224 e. The maximum atomic E-state index is 5.89. The van der Waals surface area contributed by atoms with E-state index in [-0.39, 0.29) is 6.61 Å². The zero-order valence-electron chi connectivity index (χ0n) is 9.56. The lowest BCUT2D eigenvalue weighted by molar-refractivity contribution is 0.177. The van der Waals surface area contributed by atoms with E-state index in [4.69, 9.17) is 21.1 Å². The molecule has 0 amide bonds. The van der Waals surface area contributed by atoms with Gasteiger partial charge >= 0.3 is 0 Å². The number of methoxy groups -OCH3 is 1. The molecule has 0 radical (unpaired) electrons. The van der Waals surface area contributed by atoms with Crippen molar-refractivity contribution in [1.82, 2.24) is 9.97 Å². The minimum Gasteiger partial charge on any atom is -0.438 e. The summed E-state index contributed by atoms with van der Waals surface area (Å²) in [5, 5.41) is 0.319. The monoisotopic (exact) mass is 328 g/mol. The van der Waals surface area contributed by atoms with Crippen molar-refractivity contribution in [3.8, 4) is 11.6 Å². The molecule has 0 unspecified atom stereocenters. The summed E-state index contributed by atoms with van der Waals surface area (Å²) < 4.78 is 11.4. The highest BCUT2D eigenvalue weighted by molar-refractivity contribution is 9.10. The first-order valence-corrected chi connectivity index (χ1v) is 6.31. The molecule has 18 heavy (non-hydrogen) atoms. The highest BCUT2D eigenvalue weighted by Crippen LogP contribution is 2.28. The molecule has 0 atom stereocenters. The van der Waals surface area contributed by atoms with Crippen LogP contribution in [0, 0.1) is 0 Å². The van der Waals surface area contributed by atoms with Gasteiger partial charge in [-0.3, -0.25) is 0 Å². The Morgan fingerprint density at radius 2 is 2.06 bits per heavy atom. The molecule has 94 valence electrons. The lowest BCUT2D eigenvalue weighted by atomic mass is 10.3. The molecule has 0 saturated carbocycles. The average Bonchev–Trinajstić information content (AvgIpc) is 2.32. The standard InChI is InChI=1S/C12H10BrClN2O2/c1-17-7-11-15-10(14)6-12(16-11)18-9-5-3-2-4-8(9)13/h2-6H,7H2,1H3. The first-order chi connectivity index (χ1) is 8.69. The van der Waals surface area contributed by atoms with Crippen LogP contribution in [0.4, 0.5) is 0 Å². The van der Waals surface area contributed by atoms with E-state index in [1.54, 1.807) is 13.2 Å². The van der Waals surface area contributed by atoms with Crippen LogP contribution >= 0.6 is 27.5 Å². The third-order valence-corrected chi connectivity index (χ3v) is 2.89. The van der Waals surface area contributed by atoms with E-state index in [2.05, 4.69) is 25.9 Å². The highest BCUT2D eigenvalue weighted by Gasteiger charge is 2.07. The van der Waals surface area contributed by atoms with Crippen molar-refractivity contribution in [3.05, 3.63) is 45.8 Å². The third kappa shape index (κ3) is 3.41. The van der Waals surface area contributed by atoms with Gasteiger partial charge in [0, 0.05) is 13.2 Å². The predicted octanol–water partition coefficient (Wildman–Crippen LogP) is 3.83. The molecule has 2 rings (SSSR count). The molecular weight excluding hydrogens is 320 g/mol. The lowest BCUT2D eigenvalue weighted by Gasteiger charge is -2.08. The second kappa shape index (κ2) is 6.13. The fourth-order valence-electron chi connectivity index (χ4n) is 1.33. The Balaban J connectivity index is 2.26. The molecule has 0 aliphatic heterocycles. The summed E-state index contributed by atoms with van der Waals surface area (Å²) in [5.41, 5.74) is 0. The summed E-state index contributed by atoms with van der Waals surface area (Å²) in [6.45, 7) is 0.285. The van der Waals surface area contributed by atoms with Gasteiger partial charge in [0.05, 0.1) is 4.47 Å². The number of aromatic nitrogens is 2. The van der Waals surface area contributed by atoms with Gasteiger partial charge in [0.1, 0.15) is 17.5 Å². The topological polar surface area (TPSA) is 44.2 Å². The number of halogens is 2. The van der Waals surface area contributed by atoms with Crippen LogP contribution in [-0.2, 0) is 11.3 Å². The molecule has 2 aromatic rings. The summed E-state index contributed by atoms with van der Waals surface area (Å²) in [7, 11) is 1.57. The van der Waals surface area contributed by atoms with E-state index in [9.17, 15) is 0 Å². The number of para-hydroxylation sites is 1. The van der Waals surface area contributed by atoms with Crippen molar-refractivity contribution in [2.75, 3.05) is 7.11 Å². The molecule has 1 aromatic carbocycles. The van der Waals surface area contributed by atoms with Crippen molar-refractivity contribution in [2.24, 2.45) is 0 Å². The Morgan fingerprint density at radius 3 is 2.78 bits per heavy atom. The summed E-state index contributed by atoms with van der Waals surface area (Å²) in [4.78, 5) is 8.22. The predicted molar refractivity (Wildman–Crippen MR) is 72.0 cm³/mol. The molecule has 0 bridgehead atoms. The number of hydrogen-bond acceptors (Lipinski definition) is 4. The molecule has 4 nitrogen and oxygen atoms in total. The number of nitrogens with zero attached hydrogens (tertiary/aromatic N) is 2. The Hall–Kier alpha value is -1.17. The van der Waals surface area contributed by atoms with Crippen molar-refractivity contribution < 1.29 is 9.47 Å². The van der Waals surface area contributed by atoms with Crippen LogP contribution in [-0.4, -0.2) is 17.1 Å². The summed E-state index contributed by atoms with van der Waals surface area (Å²) in [6, 6.07) is 9.05. The van der Waals surface area contributed by atoms with Crippen molar-refractivity contribution in [2.45, 2.75) is 6.61 Å². The van der Waals surface area contributed by atoms with Crippen LogP contribution in [0.5, 0.6) is 11.6 Å². The highest BCUT2D eigenvalue weighted by atomic mass is 79.9. The first kappa shape index (κ1) is 13.3. The van der Waals surface area contributed by atoms with Crippen LogP contribution in [0.15, 0.2) is 34.8 Å². The van der Waals surface area contributed by atoms with Crippen molar-refractivity contribution in [1.29, 1.82) is 0 Å². The van der Waals surface area contributed by atoms with E-state index in [0.29, 0.717) is 22.6 Å². The van der Waals surface area contributed by atoms with Gasteiger partial charge in [0.2, 0.25) is 5.88 Å².